The average molecular weight is 374 g/mol. The van der Waals surface area contributed by atoms with Crippen LogP contribution in [0, 0.1) is 6.92 Å². The number of anilines is 1. The van der Waals surface area contributed by atoms with Gasteiger partial charge in [-0.1, -0.05) is 35.9 Å². The zero-order valence-electron chi connectivity index (χ0n) is 15.0. The summed E-state index contributed by atoms with van der Waals surface area (Å²) in [6.45, 7) is 2.01. The summed E-state index contributed by atoms with van der Waals surface area (Å²) < 4.78 is 5.26. The van der Waals surface area contributed by atoms with Gasteiger partial charge in [0.15, 0.2) is 5.11 Å². The molecule has 1 saturated heterocycles. The molecule has 27 heavy (non-hydrogen) atoms. The molecule has 0 radical (unpaired) electrons. The van der Waals surface area contributed by atoms with E-state index in [-0.39, 0.29) is 5.91 Å². The number of nitrogens with one attached hydrogen (secondary N) is 1. The van der Waals surface area contributed by atoms with Gasteiger partial charge in [-0.3, -0.25) is 9.69 Å². The van der Waals surface area contributed by atoms with E-state index in [1.807, 2.05) is 73.7 Å². The van der Waals surface area contributed by atoms with Crippen LogP contribution in [0.4, 0.5) is 5.69 Å². The van der Waals surface area contributed by atoms with Crippen molar-refractivity contribution in [3.8, 4) is 5.75 Å². The molecule has 0 bridgehead atoms. The molecule has 1 heterocycles. The maximum atomic E-state index is 12.8. The minimum atomic E-state index is -0.154. The number of ether oxygens (including phenoxy) is 1. The van der Waals surface area contributed by atoms with Crippen molar-refractivity contribution in [2.75, 3.05) is 12.0 Å². The van der Waals surface area contributed by atoms with E-state index in [0.29, 0.717) is 10.8 Å². The Kier molecular flexibility index (Phi) is 4.38. The van der Waals surface area contributed by atoms with E-state index < -0.39 is 0 Å². The Morgan fingerprint density at radius 2 is 1.70 bits per heavy atom. The Balaban J connectivity index is 1.66. The van der Waals surface area contributed by atoms with Crippen molar-refractivity contribution in [3.05, 3.63) is 77.5 Å². The van der Waals surface area contributed by atoms with Crippen LogP contribution in [0.2, 0.25) is 0 Å². The van der Waals surface area contributed by atoms with Gasteiger partial charge in [0.2, 0.25) is 0 Å². The van der Waals surface area contributed by atoms with Gasteiger partial charge in [0.05, 0.1) is 12.8 Å². The zero-order chi connectivity index (χ0) is 19.0. The van der Waals surface area contributed by atoms with Crippen molar-refractivity contribution in [2.45, 2.75) is 6.92 Å². The molecule has 0 atom stereocenters. The van der Waals surface area contributed by atoms with Crippen molar-refractivity contribution in [1.82, 2.24) is 5.32 Å². The van der Waals surface area contributed by atoms with Crippen molar-refractivity contribution in [1.29, 1.82) is 0 Å². The molecule has 1 N–H and O–H groups in total. The van der Waals surface area contributed by atoms with Crippen LogP contribution in [0.1, 0.15) is 11.1 Å². The molecule has 3 aromatic rings. The molecule has 1 aliphatic rings. The number of benzene rings is 3. The monoisotopic (exact) mass is 374 g/mol. The van der Waals surface area contributed by atoms with Crippen LogP contribution in [0.3, 0.4) is 0 Å². The molecule has 0 aliphatic carbocycles. The first kappa shape index (κ1) is 17.2. The van der Waals surface area contributed by atoms with E-state index >= 15 is 0 Å². The molecule has 0 aromatic heterocycles. The maximum absolute atomic E-state index is 12.8. The number of carbonyl (C=O) groups is 1. The van der Waals surface area contributed by atoms with Crippen LogP contribution >= 0.6 is 12.2 Å². The van der Waals surface area contributed by atoms with Crippen LogP contribution in [0.15, 0.2) is 66.4 Å². The quantitative estimate of drug-likeness (QED) is 0.544. The molecular weight excluding hydrogens is 356 g/mol. The predicted octanol–water partition coefficient (Wildman–Crippen LogP) is 4.42. The van der Waals surface area contributed by atoms with E-state index in [4.69, 9.17) is 17.0 Å². The summed E-state index contributed by atoms with van der Waals surface area (Å²) >= 11 is 5.37. The van der Waals surface area contributed by atoms with E-state index in [1.165, 1.54) is 4.90 Å². The molecule has 4 nitrogen and oxygen atoms in total. The molecule has 1 fully saturated rings. The largest absolute Gasteiger partial charge is 0.497 e. The van der Waals surface area contributed by atoms with Crippen LogP contribution in [0.25, 0.3) is 16.8 Å². The Morgan fingerprint density at radius 3 is 2.44 bits per heavy atom. The van der Waals surface area contributed by atoms with Gasteiger partial charge in [-0.15, -0.1) is 0 Å². The zero-order valence-corrected chi connectivity index (χ0v) is 15.8. The lowest BCUT2D eigenvalue weighted by atomic mass is 10.1. The third-order valence-electron chi connectivity index (χ3n) is 4.55. The normalized spacial score (nSPS) is 15.5. The van der Waals surface area contributed by atoms with Crippen LogP contribution < -0.4 is 15.0 Å². The molecule has 0 saturated carbocycles. The molecular formula is C22H18N2O2S. The van der Waals surface area contributed by atoms with Gasteiger partial charge in [0.1, 0.15) is 11.4 Å². The van der Waals surface area contributed by atoms with E-state index in [2.05, 4.69) is 5.32 Å². The van der Waals surface area contributed by atoms with Gasteiger partial charge < -0.3 is 10.1 Å². The maximum Gasteiger partial charge on any atom is 0.281 e. The fourth-order valence-electron chi connectivity index (χ4n) is 3.09. The molecule has 5 heteroatoms. The fourth-order valence-corrected chi connectivity index (χ4v) is 3.39. The number of hydrogen-bond acceptors (Lipinski definition) is 3. The molecule has 0 unspecified atom stereocenters. The molecule has 1 aliphatic heterocycles. The number of amides is 1. The number of rotatable bonds is 3. The van der Waals surface area contributed by atoms with Crippen molar-refractivity contribution < 1.29 is 9.53 Å². The minimum absolute atomic E-state index is 0.154. The smallest absolute Gasteiger partial charge is 0.281 e. The SMILES string of the molecule is COc1ccc2cc(/C=C3\NC(=S)N(c4ccc(C)cc4)C3=O)ccc2c1. The highest BCUT2D eigenvalue weighted by Gasteiger charge is 2.31. The Bertz CT molecular complexity index is 1090. The van der Waals surface area contributed by atoms with E-state index in [1.54, 1.807) is 7.11 Å². The summed E-state index contributed by atoms with van der Waals surface area (Å²) in [4.78, 5) is 14.4. The van der Waals surface area contributed by atoms with Gasteiger partial charge in [0.25, 0.3) is 5.91 Å². The minimum Gasteiger partial charge on any atom is -0.497 e. The standard InChI is InChI=1S/C22H18N2O2S/c1-14-3-8-18(9-4-14)24-21(25)20(23-22(24)27)12-15-5-6-17-13-19(26-2)10-7-16(17)11-15/h3-13H,1-2H3,(H,23,27)/b20-12-. The highest BCUT2D eigenvalue weighted by molar-refractivity contribution is 7.80. The number of methoxy groups -OCH3 is 1. The Hall–Kier alpha value is -3.18. The molecule has 3 aromatic carbocycles. The predicted molar refractivity (Wildman–Crippen MR) is 113 cm³/mol. The van der Waals surface area contributed by atoms with Gasteiger partial charge in [-0.25, -0.2) is 0 Å². The third kappa shape index (κ3) is 3.29. The van der Waals surface area contributed by atoms with Crippen molar-refractivity contribution in [3.63, 3.8) is 0 Å². The van der Waals surface area contributed by atoms with Crippen LogP contribution in [-0.4, -0.2) is 18.1 Å². The molecule has 134 valence electrons. The lowest BCUT2D eigenvalue weighted by Gasteiger charge is -2.13. The number of thiocarbonyl (C=S) groups is 1. The van der Waals surface area contributed by atoms with E-state index in [9.17, 15) is 4.79 Å². The average Bonchev–Trinajstić information content (AvgIpc) is 2.95. The van der Waals surface area contributed by atoms with Gasteiger partial charge in [0, 0.05) is 0 Å². The summed E-state index contributed by atoms with van der Waals surface area (Å²) in [6, 6.07) is 19.7. The highest BCUT2D eigenvalue weighted by atomic mass is 32.1. The van der Waals surface area contributed by atoms with Gasteiger partial charge in [-0.05, 0) is 71.9 Å². The number of hydrogen-bond donors (Lipinski definition) is 1. The molecule has 0 spiro atoms. The summed E-state index contributed by atoms with van der Waals surface area (Å²) in [5.74, 6) is 0.666. The number of aryl methyl sites for hydroxylation is 1. The summed E-state index contributed by atoms with van der Waals surface area (Å²) in [7, 11) is 1.65. The lowest BCUT2D eigenvalue weighted by molar-refractivity contribution is -0.113. The Labute approximate surface area is 163 Å². The second kappa shape index (κ2) is 6.85. The number of fused-ring (bicyclic) bond motifs is 1. The van der Waals surface area contributed by atoms with Gasteiger partial charge >= 0.3 is 0 Å². The van der Waals surface area contributed by atoms with Crippen molar-refractivity contribution in [2.24, 2.45) is 0 Å². The lowest BCUT2D eigenvalue weighted by Crippen LogP contribution is -2.30. The Morgan fingerprint density at radius 1 is 1.00 bits per heavy atom. The number of carbonyl (C=O) groups excluding carboxylic acids is 1. The van der Waals surface area contributed by atoms with Gasteiger partial charge in [-0.2, -0.15) is 0 Å². The molecule has 1 amide bonds. The summed E-state index contributed by atoms with van der Waals surface area (Å²) in [5.41, 5.74) is 3.29. The second-order valence-corrected chi connectivity index (χ2v) is 6.82. The first-order valence-corrected chi connectivity index (χ1v) is 8.97. The first-order valence-electron chi connectivity index (χ1n) is 8.57. The highest BCUT2D eigenvalue weighted by Crippen LogP contribution is 2.25. The van der Waals surface area contributed by atoms with Crippen LogP contribution in [-0.2, 0) is 4.79 Å². The first-order chi connectivity index (χ1) is 13.0. The van der Waals surface area contributed by atoms with Crippen LogP contribution in [0.5, 0.6) is 5.75 Å². The fraction of sp³-hybridized carbons (Fsp3) is 0.0909. The third-order valence-corrected chi connectivity index (χ3v) is 4.84. The molecule has 4 rings (SSSR count). The van der Waals surface area contributed by atoms with Crippen molar-refractivity contribution >= 4 is 45.8 Å². The second-order valence-electron chi connectivity index (χ2n) is 6.44. The topological polar surface area (TPSA) is 41.6 Å². The number of nitrogens with zero attached hydrogens (tertiary/aromatic N) is 1. The summed E-state index contributed by atoms with van der Waals surface area (Å²) in [6.07, 6.45) is 1.83. The van der Waals surface area contributed by atoms with E-state index in [0.717, 1.165) is 33.3 Å². The summed E-state index contributed by atoms with van der Waals surface area (Å²) in [5, 5.41) is 5.58.